The lowest BCUT2D eigenvalue weighted by molar-refractivity contribution is -0.137. The van der Waals surface area contributed by atoms with Crippen molar-refractivity contribution in [3.05, 3.63) is 35.6 Å². The first-order valence-electron chi connectivity index (χ1n) is 6.12. The number of nitrogens with zero attached hydrogens (tertiary/aromatic N) is 1. The van der Waals surface area contributed by atoms with E-state index in [2.05, 4.69) is 0 Å². The monoisotopic (exact) mass is 252 g/mol. The van der Waals surface area contributed by atoms with Crippen LogP contribution in [0.4, 0.5) is 4.39 Å². The maximum absolute atomic E-state index is 12.9. The Morgan fingerprint density at radius 1 is 1.39 bits per heavy atom. The summed E-state index contributed by atoms with van der Waals surface area (Å²) in [5.74, 6) is -0.388. The van der Waals surface area contributed by atoms with Crippen LogP contribution in [0, 0.1) is 5.82 Å². The van der Waals surface area contributed by atoms with E-state index in [9.17, 15) is 9.18 Å². The molecule has 4 heteroatoms. The molecule has 3 nitrogen and oxygen atoms in total. The van der Waals surface area contributed by atoms with Crippen molar-refractivity contribution >= 4 is 5.91 Å². The van der Waals surface area contributed by atoms with Crippen LogP contribution in [-0.4, -0.2) is 22.9 Å². The summed E-state index contributed by atoms with van der Waals surface area (Å²) in [4.78, 5) is 13.9. The Hall–Kier alpha value is -1.42. The number of hydrogen-bond donors (Lipinski definition) is 1. The zero-order valence-electron chi connectivity index (χ0n) is 11.4. The van der Waals surface area contributed by atoms with Crippen molar-refractivity contribution in [3.63, 3.8) is 0 Å². The number of hydrogen-bond acceptors (Lipinski definition) is 2. The zero-order chi connectivity index (χ0) is 13.9. The van der Waals surface area contributed by atoms with Crippen LogP contribution in [0.2, 0.25) is 0 Å². The van der Waals surface area contributed by atoms with E-state index in [1.165, 1.54) is 12.1 Å². The molecule has 1 unspecified atom stereocenters. The number of benzene rings is 1. The van der Waals surface area contributed by atoms with Gasteiger partial charge in [-0.1, -0.05) is 12.1 Å². The third-order valence-electron chi connectivity index (χ3n) is 2.97. The molecule has 0 fully saturated rings. The maximum Gasteiger partial charge on any atom is 0.242 e. The lowest BCUT2D eigenvalue weighted by Gasteiger charge is -2.33. The fourth-order valence-electron chi connectivity index (χ4n) is 1.88. The Kier molecular flexibility index (Phi) is 4.46. The van der Waals surface area contributed by atoms with Crippen LogP contribution < -0.4 is 5.73 Å². The Morgan fingerprint density at radius 2 is 1.89 bits per heavy atom. The number of likely N-dealkylation sites (N-methyl/N-ethyl adjacent to an activating group) is 1. The highest BCUT2D eigenvalue weighted by atomic mass is 19.1. The molecule has 0 aliphatic rings. The van der Waals surface area contributed by atoms with Gasteiger partial charge in [-0.2, -0.15) is 0 Å². The molecule has 0 saturated carbocycles. The van der Waals surface area contributed by atoms with E-state index in [1.807, 2.05) is 13.8 Å². The number of carbonyl (C=O) groups is 1. The van der Waals surface area contributed by atoms with Crippen LogP contribution in [0.3, 0.4) is 0 Å². The van der Waals surface area contributed by atoms with Crippen molar-refractivity contribution in [3.8, 4) is 0 Å². The number of rotatable bonds is 4. The van der Waals surface area contributed by atoms with Crippen molar-refractivity contribution in [2.45, 2.75) is 39.3 Å². The van der Waals surface area contributed by atoms with Crippen molar-refractivity contribution < 1.29 is 9.18 Å². The van der Waals surface area contributed by atoms with Crippen LogP contribution in [0.5, 0.6) is 0 Å². The van der Waals surface area contributed by atoms with Gasteiger partial charge < -0.3 is 10.6 Å². The Bertz CT molecular complexity index is 409. The van der Waals surface area contributed by atoms with Crippen molar-refractivity contribution in [1.82, 2.24) is 4.90 Å². The lowest BCUT2D eigenvalue weighted by Crippen LogP contribution is -2.51. The number of nitrogens with two attached hydrogens (primary N) is 1. The summed E-state index contributed by atoms with van der Waals surface area (Å²) in [6, 6.07) is 6.07. The van der Waals surface area contributed by atoms with Crippen molar-refractivity contribution in [2.75, 3.05) is 6.54 Å². The standard InChI is InChI=1S/C14H21FN2O/c1-5-17(13(18)14(3,4)16)10(2)11-6-8-12(15)9-7-11/h6-10H,5,16H2,1-4H3. The minimum absolute atomic E-state index is 0.109. The van der Waals surface area contributed by atoms with Gasteiger partial charge in [-0.15, -0.1) is 0 Å². The summed E-state index contributed by atoms with van der Waals surface area (Å²) in [6.07, 6.45) is 0. The predicted octanol–water partition coefficient (Wildman–Crippen LogP) is 2.47. The highest BCUT2D eigenvalue weighted by molar-refractivity contribution is 5.85. The van der Waals surface area contributed by atoms with Crippen LogP contribution in [-0.2, 0) is 4.79 Å². The van der Waals surface area contributed by atoms with Crippen LogP contribution in [0.1, 0.15) is 39.3 Å². The van der Waals surface area contributed by atoms with Crippen LogP contribution in [0.15, 0.2) is 24.3 Å². The van der Waals surface area contributed by atoms with E-state index >= 15 is 0 Å². The Labute approximate surface area is 108 Å². The molecule has 100 valence electrons. The van der Waals surface area contributed by atoms with Crippen LogP contribution >= 0.6 is 0 Å². The molecule has 18 heavy (non-hydrogen) atoms. The Morgan fingerprint density at radius 3 is 2.28 bits per heavy atom. The van der Waals surface area contributed by atoms with Gasteiger partial charge >= 0.3 is 0 Å². The van der Waals surface area contributed by atoms with Crippen molar-refractivity contribution in [2.24, 2.45) is 5.73 Å². The third-order valence-corrected chi connectivity index (χ3v) is 2.97. The molecule has 1 aromatic carbocycles. The number of amides is 1. The van der Waals surface area contributed by atoms with E-state index in [4.69, 9.17) is 5.73 Å². The smallest absolute Gasteiger partial charge is 0.242 e. The van der Waals surface area contributed by atoms with Gasteiger partial charge in [-0.3, -0.25) is 4.79 Å². The quantitative estimate of drug-likeness (QED) is 0.894. The highest BCUT2D eigenvalue weighted by Gasteiger charge is 2.30. The molecule has 0 aliphatic carbocycles. The molecule has 0 aliphatic heterocycles. The molecule has 0 radical (unpaired) electrons. The molecular formula is C14H21FN2O. The molecule has 0 bridgehead atoms. The minimum atomic E-state index is -0.899. The fourth-order valence-corrected chi connectivity index (χ4v) is 1.88. The van der Waals surface area contributed by atoms with E-state index in [0.29, 0.717) is 6.54 Å². The first-order chi connectivity index (χ1) is 8.27. The van der Waals surface area contributed by atoms with E-state index in [0.717, 1.165) is 5.56 Å². The van der Waals surface area contributed by atoms with Gasteiger partial charge in [0.15, 0.2) is 0 Å². The maximum atomic E-state index is 12.9. The third kappa shape index (κ3) is 3.29. The normalized spacial score (nSPS) is 13.2. The summed E-state index contributed by atoms with van der Waals surface area (Å²) in [5.41, 5.74) is 5.84. The summed E-state index contributed by atoms with van der Waals surface area (Å²) < 4.78 is 12.9. The van der Waals surface area contributed by atoms with Gasteiger partial charge in [0.1, 0.15) is 5.82 Å². The summed E-state index contributed by atoms with van der Waals surface area (Å²) >= 11 is 0. The highest BCUT2D eigenvalue weighted by Crippen LogP contribution is 2.22. The predicted molar refractivity (Wildman–Crippen MR) is 70.5 cm³/mol. The van der Waals surface area contributed by atoms with Gasteiger partial charge in [0.2, 0.25) is 5.91 Å². The average Bonchev–Trinajstić information content (AvgIpc) is 2.29. The molecule has 0 spiro atoms. The molecular weight excluding hydrogens is 231 g/mol. The molecule has 1 atom stereocenters. The molecule has 0 heterocycles. The first kappa shape index (κ1) is 14.6. The SMILES string of the molecule is CCN(C(=O)C(C)(C)N)C(C)c1ccc(F)cc1. The van der Waals surface area contributed by atoms with E-state index in [1.54, 1.807) is 30.9 Å². The topological polar surface area (TPSA) is 46.3 Å². The van der Waals surface area contributed by atoms with Gasteiger partial charge in [-0.05, 0) is 45.4 Å². The van der Waals surface area contributed by atoms with Gasteiger partial charge in [0, 0.05) is 6.54 Å². The second-order valence-corrected chi connectivity index (χ2v) is 5.04. The second-order valence-electron chi connectivity index (χ2n) is 5.04. The fraction of sp³-hybridized carbons (Fsp3) is 0.500. The Balaban J connectivity index is 2.96. The first-order valence-corrected chi connectivity index (χ1v) is 6.12. The summed E-state index contributed by atoms with van der Waals surface area (Å²) in [5, 5.41) is 0. The molecule has 0 saturated heterocycles. The summed E-state index contributed by atoms with van der Waals surface area (Å²) in [6.45, 7) is 7.77. The number of halogens is 1. The van der Waals surface area contributed by atoms with Gasteiger partial charge in [0.25, 0.3) is 0 Å². The van der Waals surface area contributed by atoms with Crippen LogP contribution in [0.25, 0.3) is 0 Å². The minimum Gasteiger partial charge on any atom is -0.335 e. The van der Waals surface area contributed by atoms with Crippen molar-refractivity contribution in [1.29, 1.82) is 0 Å². The zero-order valence-corrected chi connectivity index (χ0v) is 11.4. The lowest BCUT2D eigenvalue weighted by atomic mass is 10.0. The molecule has 0 aromatic heterocycles. The summed E-state index contributed by atoms with van der Waals surface area (Å²) in [7, 11) is 0. The molecule has 1 rings (SSSR count). The average molecular weight is 252 g/mol. The molecule has 2 N–H and O–H groups in total. The van der Waals surface area contributed by atoms with Gasteiger partial charge in [-0.25, -0.2) is 4.39 Å². The largest absolute Gasteiger partial charge is 0.335 e. The molecule has 1 aromatic rings. The van der Waals surface area contributed by atoms with Gasteiger partial charge in [0.05, 0.1) is 11.6 Å². The number of carbonyl (C=O) groups excluding carboxylic acids is 1. The van der Waals surface area contributed by atoms with E-state index in [-0.39, 0.29) is 17.8 Å². The molecule has 1 amide bonds. The van der Waals surface area contributed by atoms with E-state index < -0.39 is 5.54 Å². The second kappa shape index (κ2) is 5.48.